The molecule has 0 saturated carbocycles. The summed E-state index contributed by atoms with van der Waals surface area (Å²) in [6, 6.07) is 14.3. The summed E-state index contributed by atoms with van der Waals surface area (Å²) in [5.41, 5.74) is 2.32. The number of carboxylic acids is 1. The number of aromatic carboxylic acids is 1. The maximum atomic E-state index is 10.8. The number of benzene rings is 1. The predicted octanol–water partition coefficient (Wildman–Crippen LogP) is 1.94. The molecule has 0 aliphatic carbocycles. The van der Waals surface area contributed by atoms with Gasteiger partial charge in [0.15, 0.2) is 0 Å². The van der Waals surface area contributed by atoms with Crippen LogP contribution in [-0.4, -0.2) is 16.1 Å². The number of hydrogen-bond acceptors (Lipinski definition) is 4. The van der Waals surface area contributed by atoms with Crippen LogP contribution in [0.4, 0.5) is 0 Å². The van der Waals surface area contributed by atoms with E-state index in [4.69, 9.17) is 10.4 Å². The molecule has 1 aromatic heterocycles. The van der Waals surface area contributed by atoms with Crippen LogP contribution in [0.15, 0.2) is 42.5 Å². The molecule has 5 heteroatoms. The van der Waals surface area contributed by atoms with E-state index >= 15 is 0 Å². The molecule has 0 unspecified atom stereocenters. The average Bonchev–Trinajstić information content (AvgIpc) is 2.48. The van der Waals surface area contributed by atoms with Crippen LogP contribution in [0, 0.1) is 11.3 Å². The highest BCUT2D eigenvalue weighted by molar-refractivity contribution is 5.85. The first-order valence-electron chi connectivity index (χ1n) is 6.08. The van der Waals surface area contributed by atoms with Gasteiger partial charge in [-0.3, -0.25) is 0 Å². The monoisotopic (exact) mass is 267 g/mol. The minimum Gasteiger partial charge on any atom is -0.477 e. The van der Waals surface area contributed by atoms with E-state index < -0.39 is 5.97 Å². The Bertz CT molecular complexity index is 662. The Balaban J connectivity index is 1.94. The highest BCUT2D eigenvalue weighted by Gasteiger charge is 2.04. The molecule has 1 heterocycles. The van der Waals surface area contributed by atoms with Crippen molar-refractivity contribution in [2.24, 2.45) is 0 Å². The molecule has 2 rings (SSSR count). The number of carboxylic acid groups (broad SMARTS) is 1. The third kappa shape index (κ3) is 3.64. The molecule has 0 aliphatic heterocycles. The fraction of sp³-hybridized carbons (Fsp3) is 0.133. The molecular formula is C15H13N3O2. The maximum absolute atomic E-state index is 10.8. The summed E-state index contributed by atoms with van der Waals surface area (Å²) < 4.78 is 0. The molecule has 0 fully saturated rings. The Morgan fingerprint density at radius 2 is 2.05 bits per heavy atom. The van der Waals surface area contributed by atoms with Crippen LogP contribution in [0.1, 0.15) is 27.3 Å². The van der Waals surface area contributed by atoms with E-state index in [1.54, 1.807) is 18.2 Å². The Kier molecular flexibility index (Phi) is 4.43. The van der Waals surface area contributed by atoms with Gasteiger partial charge < -0.3 is 10.4 Å². The average molecular weight is 267 g/mol. The fourth-order valence-electron chi connectivity index (χ4n) is 1.78. The molecule has 0 aliphatic rings. The molecule has 5 nitrogen and oxygen atoms in total. The minimum atomic E-state index is -1.03. The molecule has 2 N–H and O–H groups in total. The Morgan fingerprint density at radius 3 is 2.80 bits per heavy atom. The number of nitrogens with one attached hydrogen (secondary N) is 1. The maximum Gasteiger partial charge on any atom is 0.354 e. The topological polar surface area (TPSA) is 86.0 Å². The third-order valence-corrected chi connectivity index (χ3v) is 2.72. The van der Waals surface area contributed by atoms with Crippen LogP contribution in [0.3, 0.4) is 0 Å². The van der Waals surface area contributed by atoms with Crippen molar-refractivity contribution in [1.82, 2.24) is 10.3 Å². The number of nitrogens with zero attached hydrogens (tertiary/aromatic N) is 2. The normalized spacial score (nSPS) is 9.95. The van der Waals surface area contributed by atoms with Crippen molar-refractivity contribution in [2.45, 2.75) is 13.1 Å². The number of carbonyl (C=O) groups is 1. The SMILES string of the molecule is N#Cc1cccc(CNCc2cccc(C(=O)O)n2)c1. The van der Waals surface area contributed by atoms with Crippen molar-refractivity contribution in [2.75, 3.05) is 0 Å². The van der Waals surface area contributed by atoms with E-state index in [9.17, 15) is 4.79 Å². The molecular weight excluding hydrogens is 254 g/mol. The van der Waals surface area contributed by atoms with Crippen molar-refractivity contribution in [3.8, 4) is 6.07 Å². The van der Waals surface area contributed by atoms with Gasteiger partial charge in [0.25, 0.3) is 0 Å². The Morgan fingerprint density at radius 1 is 1.25 bits per heavy atom. The second-order valence-corrected chi connectivity index (χ2v) is 4.24. The lowest BCUT2D eigenvalue weighted by atomic mass is 10.1. The van der Waals surface area contributed by atoms with E-state index in [0.717, 1.165) is 5.56 Å². The summed E-state index contributed by atoms with van der Waals surface area (Å²) >= 11 is 0. The van der Waals surface area contributed by atoms with Crippen molar-refractivity contribution >= 4 is 5.97 Å². The lowest BCUT2D eigenvalue weighted by Gasteiger charge is -2.05. The second-order valence-electron chi connectivity index (χ2n) is 4.24. The largest absolute Gasteiger partial charge is 0.477 e. The summed E-state index contributed by atoms with van der Waals surface area (Å²) in [5.74, 6) is -1.03. The number of aromatic nitrogens is 1. The quantitative estimate of drug-likeness (QED) is 0.864. The van der Waals surface area contributed by atoms with E-state index in [-0.39, 0.29) is 5.69 Å². The van der Waals surface area contributed by atoms with Crippen molar-refractivity contribution in [3.63, 3.8) is 0 Å². The molecule has 0 amide bonds. The van der Waals surface area contributed by atoms with Crippen LogP contribution < -0.4 is 5.32 Å². The van der Waals surface area contributed by atoms with Gasteiger partial charge in [0.1, 0.15) is 5.69 Å². The van der Waals surface area contributed by atoms with Crippen LogP contribution in [0.5, 0.6) is 0 Å². The van der Waals surface area contributed by atoms with E-state index in [2.05, 4.69) is 16.4 Å². The zero-order valence-corrected chi connectivity index (χ0v) is 10.7. The van der Waals surface area contributed by atoms with Crippen molar-refractivity contribution in [1.29, 1.82) is 5.26 Å². The molecule has 0 radical (unpaired) electrons. The van der Waals surface area contributed by atoms with E-state index in [1.165, 1.54) is 6.07 Å². The molecule has 0 bridgehead atoms. The summed E-state index contributed by atoms with van der Waals surface area (Å²) in [5, 5.41) is 20.8. The number of hydrogen-bond donors (Lipinski definition) is 2. The van der Waals surface area contributed by atoms with Gasteiger partial charge in [-0.25, -0.2) is 9.78 Å². The second kappa shape index (κ2) is 6.45. The first-order valence-corrected chi connectivity index (χ1v) is 6.08. The third-order valence-electron chi connectivity index (χ3n) is 2.72. The summed E-state index contributed by atoms with van der Waals surface area (Å²) in [7, 11) is 0. The number of nitriles is 1. The van der Waals surface area contributed by atoms with Gasteiger partial charge in [-0.1, -0.05) is 18.2 Å². The lowest BCUT2D eigenvalue weighted by molar-refractivity contribution is 0.0690. The van der Waals surface area contributed by atoms with Gasteiger partial charge in [-0.05, 0) is 29.8 Å². The smallest absolute Gasteiger partial charge is 0.354 e. The summed E-state index contributed by atoms with van der Waals surface area (Å²) in [6.45, 7) is 1.06. The molecule has 1 aromatic carbocycles. The zero-order valence-electron chi connectivity index (χ0n) is 10.7. The van der Waals surface area contributed by atoms with E-state index in [1.807, 2.05) is 18.2 Å². The number of pyridine rings is 1. The first kappa shape index (κ1) is 13.7. The molecule has 0 spiro atoms. The van der Waals surface area contributed by atoms with Crippen LogP contribution >= 0.6 is 0 Å². The van der Waals surface area contributed by atoms with Crippen molar-refractivity contribution in [3.05, 3.63) is 65.0 Å². The molecule has 100 valence electrons. The number of rotatable bonds is 5. The summed E-state index contributed by atoms with van der Waals surface area (Å²) in [4.78, 5) is 14.8. The highest BCUT2D eigenvalue weighted by atomic mass is 16.4. The minimum absolute atomic E-state index is 0.0378. The van der Waals surface area contributed by atoms with Gasteiger partial charge in [-0.15, -0.1) is 0 Å². The Hall–Kier alpha value is -2.71. The predicted molar refractivity (Wildman–Crippen MR) is 72.9 cm³/mol. The fourth-order valence-corrected chi connectivity index (χ4v) is 1.78. The van der Waals surface area contributed by atoms with E-state index in [0.29, 0.717) is 24.3 Å². The lowest BCUT2D eigenvalue weighted by Crippen LogP contribution is -2.14. The molecule has 0 atom stereocenters. The van der Waals surface area contributed by atoms with Gasteiger partial charge >= 0.3 is 5.97 Å². The molecule has 0 saturated heterocycles. The first-order chi connectivity index (χ1) is 9.69. The van der Waals surface area contributed by atoms with Crippen LogP contribution in [-0.2, 0) is 13.1 Å². The van der Waals surface area contributed by atoms with Gasteiger partial charge in [-0.2, -0.15) is 5.26 Å². The highest BCUT2D eigenvalue weighted by Crippen LogP contribution is 2.04. The Labute approximate surface area is 116 Å². The molecule has 20 heavy (non-hydrogen) atoms. The van der Waals surface area contributed by atoms with Crippen LogP contribution in [0.2, 0.25) is 0 Å². The summed E-state index contributed by atoms with van der Waals surface area (Å²) in [6.07, 6.45) is 0. The standard InChI is InChI=1S/C15H13N3O2/c16-8-11-3-1-4-12(7-11)9-17-10-13-5-2-6-14(18-13)15(19)20/h1-7,17H,9-10H2,(H,19,20). The van der Waals surface area contributed by atoms with Gasteiger partial charge in [0.05, 0.1) is 17.3 Å². The van der Waals surface area contributed by atoms with Crippen LogP contribution in [0.25, 0.3) is 0 Å². The van der Waals surface area contributed by atoms with Crippen molar-refractivity contribution < 1.29 is 9.90 Å². The zero-order chi connectivity index (χ0) is 14.4. The molecule has 2 aromatic rings. The van der Waals surface area contributed by atoms with Gasteiger partial charge in [0.2, 0.25) is 0 Å². The van der Waals surface area contributed by atoms with Gasteiger partial charge in [0, 0.05) is 13.1 Å².